The highest BCUT2D eigenvalue weighted by molar-refractivity contribution is 5.67. The number of carbonyl (C=O) groups excluding carboxylic acids is 1. The topological polar surface area (TPSA) is 50.4 Å². The third-order valence-electron chi connectivity index (χ3n) is 3.11. The van der Waals surface area contributed by atoms with Crippen molar-refractivity contribution in [3.05, 3.63) is 35.4 Å². The molecule has 130 valence electrons. The van der Waals surface area contributed by atoms with Crippen molar-refractivity contribution < 1.29 is 18.3 Å². The van der Waals surface area contributed by atoms with Crippen LogP contribution < -0.4 is 10.6 Å². The van der Waals surface area contributed by atoms with Gasteiger partial charge in [-0.3, -0.25) is 0 Å². The molecule has 0 saturated heterocycles. The molecule has 1 amide bonds. The molecule has 23 heavy (non-hydrogen) atoms. The first-order chi connectivity index (χ1) is 10.7. The van der Waals surface area contributed by atoms with Crippen LogP contribution in [-0.4, -0.2) is 24.3 Å². The summed E-state index contributed by atoms with van der Waals surface area (Å²) in [7, 11) is 0. The maximum Gasteiger partial charge on any atom is 0.407 e. The zero-order valence-corrected chi connectivity index (χ0v) is 14.2. The van der Waals surface area contributed by atoms with E-state index in [1.54, 1.807) is 20.8 Å². The molecule has 1 atom stereocenters. The van der Waals surface area contributed by atoms with Crippen LogP contribution in [0.2, 0.25) is 0 Å². The van der Waals surface area contributed by atoms with E-state index in [1.807, 2.05) is 6.92 Å². The number of ether oxygens (including phenoxy) is 1. The molecular formula is C17H26F2N2O2. The second-order valence-electron chi connectivity index (χ2n) is 6.50. The van der Waals surface area contributed by atoms with E-state index in [-0.39, 0.29) is 6.04 Å². The Bertz CT molecular complexity index is 516. The van der Waals surface area contributed by atoms with Gasteiger partial charge in [0.25, 0.3) is 0 Å². The van der Waals surface area contributed by atoms with E-state index in [9.17, 15) is 13.6 Å². The first kappa shape index (κ1) is 19.4. The summed E-state index contributed by atoms with van der Waals surface area (Å²) in [6, 6.07) is 3.85. The van der Waals surface area contributed by atoms with Crippen molar-refractivity contribution in [1.29, 1.82) is 0 Å². The minimum Gasteiger partial charge on any atom is -0.444 e. The van der Waals surface area contributed by atoms with Gasteiger partial charge >= 0.3 is 6.09 Å². The lowest BCUT2D eigenvalue weighted by atomic mass is 10.1. The van der Waals surface area contributed by atoms with E-state index in [2.05, 4.69) is 10.6 Å². The van der Waals surface area contributed by atoms with Crippen LogP contribution in [0.25, 0.3) is 0 Å². The monoisotopic (exact) mass is 328 g/mol. The van der Waals surface area contributed by atoms with Gasteiger partial charge in [-0.25, -0.2) is 13.6 Å². The van der Waals surface area contributed by atoms with Gasteiger partial charge in [0.2, 0.25) is 0 Å². The second-order valence-corrected chi connectivity index (χ2v) is 6.50. The number of nitrogens with one attached hydrogen (secondary N) is 2. The number of rotatable bonds is 7. The standard InChI is InChI=1S/C17H26F2N2O2/c1-5-6-13(11-21-16(22)23-17(2,3)4)20-10-12-7-8-14(18)15(19)9-12/h7-9,13,20H,5-6,10-11H2,1-4H3,(H,21,22). The summed E-state index contributed by atoms with van der Waals surface area (Å²) < 4.78 is 31.3. The fourth-order valence-electron chi connectivity index (χ4n) is 2.06. The van der Waals surface area contributed by atoms with Crippen molar-refractivity contribution >= 4 is 6.09 Å². The van der Waals surface area contributed by atoms with E-state index in [4.69, 9.17) is 4.74 Å². The Hall–Kier alpha value is -1.69. The van der Waals surface area contributed by atoms with Crippen molar-refractivity contribution in [3.8, 4) is 0 Å². The van der Waals surface area contributed by atoms with Gasteiger partial charge in [-0.15, -0.1) is 0 Å². The first-order valence-corrected chi connectivity index (χ1v) is 7.85. The van der Waals surface area contributed by atoms with Gasteiger partial charge < -0.3 is 15.4 Å². The van der Waals surface area contributed by atoms with Gasteiger partial charge in [0.05, 0.1) is 0 Å². The number of hydrogen-bond donors (Lipinski definition) is 2. The lowest BCUT2D eigenvalue weighted by molar-refractivity contribution is 0.0521. The van der Waals surface area contributed by atoms with Crippen molar-refractivity contribution in [2.75, 3.05) is 6.54 Å². The van der Waals surface area contributed by atoms with Crippen LogP contribution in [0.4, 0.5) is 13.6 Å². The van der Waals surface area contributed by atoms with Crippen LogP contribution >= 0.6 is 0 Å². The highest BCUT2D eigenvalue weighted by Crippen LogP contribution is 2.09. The second kappa shape index (κ2) is 8.82. The lowest BCUT2D eigenvalue weighted by Gasteiger charge is -2.22. The summed E-state index contributed by atoms with van der Waals surface area (Å²) in [6.07, 6.45) is 1.32. The van der Waals surface area contributed by atoms with Gasteiger partial charge in [0.15, 0.2) is 11.6 Å². The summed E-state index contributed by atoms with van der Waals surface area (Å²) in [5, 5.41) is 5.97. The number of halogens is 2. The Morgan fingerprint density at radius 3 is 2.52 bits per heavy atom. The van der Waals surface area contributed by atoms with Crippen LogP contribution in [0.1, 0.15) is 46.1 Å². The van der Waals surface area contributed by atoms with E-state index in [0.717, 1.165) is 18.9 Å². The number of amides is 1. The molecule has 0 fully saturated rings. The molecule has 0 saturated carbocycles. The summed E-state index contributed by atoms with van der Waals surface area (Å²) in [4.78, 5) is 11.7. The molecule has 2 N–H and O–H groups in total. The van der Waals surface area contributed by atoms with E-state index in [1.165, 1.54) is 12.1 Å². The Balaban J connectivity index is 2.48. The van der Waals surface area contributed by atoms with Gasteiger partial charge in [0.1, 0.15) is 5.60 Å². The minimum absolute atomic E-state index is 0.0284. The molecule has 0 heterocycles. The summed E-state index contributed by atoms with van der Waals surface area (Å²) >= 11 is 0. The van der Waals surface area contributed by atoms with Crippen molar-refractivity contribution in [2.24, 2.45) is 0 Å². The highest BCUT2D eigenvalue weighted by atomic mass is 19.2. The van der Waals surface area contributed by atoms with Gasteiger partial charge in [0, 0.05) is 19.1 Å². The predicted molar refractivity (Wildman–Crippen MR) is 86.1 cm³/mol. The molecule has 0 aliphatic carbocycles. The molecular weight excluding hydrogens is 302 g/mol. The minimum atomic E-state index is -0.858. The average Bonchev–Trinajstić information content (AvgIpc) is 2.43. The van der Waals surface area contributed by atoms with E-state index >= 15 is 0 Å². The third-order valence-corrected chi connectivity index (χ3v) is 3.11. The largest absolute Gasteiger partial charge is 0.444 e. The summed E-state index contributed by atoms with van der Waals surface area (Å²) in [6.45, 7) is 8.26. The molecule has 6 heteroatoms. The van der Waals surface area contributed by atoms with Crippen LogP contribution in [-0.2, 0) is 11.3 Å². The molecule has 0 spiro atoms. The third kappa shape index (κ3) is 7.93. The van der Waals surface area contributed by atoms with Crippen molar-refractivity contribution in [2.45, 2.75) is 58.7 Å². The SMILES string of the molecule is CCCC(CNC(=O)OC(C)(C)C)NCc1ccc(F)c(F)c1. The van der Waals surface area contributed by atoms with Gasteiger partial charge in [-0.2, -0.15) is 0 Å². The zero-order valence-electron chi connectivity index (χ0n) is 14.2. The molecule has 1 unspecified atom stereocenters. The molecule has 0 bridgehead atoms. The molecule has 4 nitrogen and oxygen atoms in total. The normalized spacial score (nSPS) is 12.8. The van der Waals surface area contributed by atoms with E-state index < -0.39 is 23.3 Å². The van der Waals surface area contributed by atoms with Crippen LogP contribution in [0, 0.1) is 11.6 Å². The zero-order chi connectivity index (χ0) is 17.5. The molecule has 1 rings (SSSR count). The van der Waals surface area contributed by atoms with Crippen molar-refractivity contribution in [1.82, 2.24) is 10.6 Å². The van der Waals surface area contributed by atoms with Gasteiger partial charge in [-0.05, 0) is 44.9 Å². The number of benzene rings is 1. The van der Waals surface area contributed by atoms with E-state index in [0.29, 0.717) is 18.7 Å². The molecule has 1 aromatic carbocycles. The highest BCUT2D eigenvalue weighted by Gasteiger charge is 2.17. The molecule has 0 aliphatic heterocycles. The summed E-state index contributed by atoms with van der Waals surface area (Å²) in [5.74, 6) is -1.71. The maximum absolute atomic E-state index is 13.2. The van der Waals surface area contributed by atoms with Crippen LogP contribution in [0.15, 0.2) is 18.2 Å². The fourth-order valence-corrected chi connectivity index (χ4v) is 2.06. The fraction of sp³-hybridized carbons (Fsp3) is 0.588. The molecule has 0 aliphatic rings. The first-order valence-electron chi connectivity index (χ1n) is 7.85. The molecule has 1 aromatic rings. The molecule has 0 radical (unpaired) electrons. The van der Waals surface area contributed by atoms with Crippen LogP contribution in [0.3, 0.4) is 0 Å². The van der Waals surface area contributed by atoms with Gasteiger partial charge in [-0.1, -0.05) is 19.4 Å². The van der Waals surface area contributed by atoms with Crippen LogP contribution in [0.5, 0.6) is 0 Å². The quantitative estimate of drug-likeness (QED) is 0.801. The average molecular weight is 328 g/mol. The Morgan fingerprint density at radius 2 is 1.96 bits per heavy atom. The summed E-state index contributed by atoms with van der Waals surface area (Å²) in [5.41, 5.74) is 0.117. The number of hydrogen-bond acceptors (Lipinski definition) is 3. The smallest absolute Gasteiger partial charge is 0.407 e. The predicted octanol–water partition coefficient (Wildman–Crippen LogP) is 3.75. The number of carbonyl (C=O) groups is 1. The maximum atomic E-state index is 13.2. The Kier molecular flexibility index (Phi) is 7.42. The Labute approximate surface area is 136 Å². The lowest BCUT2D eigenvalue weighted by Crippen LogP contribution is -2.42. The number of alkyl carbamates (subject to hydrolysis) is 1. The van der Waals surface area contributed by atoms with Crippen molar-refractivity contribution in [3.63, 3.8) is 0 Å². The Morgan fingerprint density at radius 1 is 1.26 bits per heavy atom. The molecule has 0 aromatic heterocycles.